The minimum absolute atomic E-state index is 0. The average molecular weight is 504 g/mol. The maximum atomic E-state index is 5.77. The Morgan fingerprint density at radius 1 is 1.10 bits per heavy atom. The number of hydrogen-bond donors (Lipinski definition) is 2. The van der Waals surface area contributed by atoms with Gasteiger partial charge in [0.2, 0.25) is 0 Å². The van der Waals surface area contributed by atoms with Crippen molar-refractivity contribution in [3.05, 3.63) is 84.1 Å². The van der Waals surface area contributed by atoms with Gasteiger partial charge in [0, 0.05) is 31.1 Å². The van der Waals surface area contributed by atoms with Gasteiger partial charge in [-0.3, -0.25) is 4.98 Å². The number of rotatable bonds is 6. The number of nitrogens with one attached hydrogen (secondary N) is 2. The zero-order valence-corrected chi connectivity index (χ0v) is 18.4. The van der Waals surface area contributed by atoms with Crippen LogP contribution in [0.25, 0.3) is 0 Å². The van der Waals surface area contributed by atoms with Crippen molar-refractivity contribution in [2.75, 3.05) is 13.2 Å². The summed E-state index contributed by atoms with van der Waals surface area (Å²) in [7, 11) is 0. The summed E-state index contributed by atoms with van der Waals surface area (Å²) in [5, 5.41) is 6.98. The molecule has 4 rings (SSSR count). The summed E-state index contributed by atoms with van der Waals surface area (Å²) in [5.41, 5.74) is 2.09. The third kappa shape index (κ3) is 5.96. The first-order chi connectivity index (χ1) is 13.9. The van der Waals surface area contributed by atoms with Gasteiger partial charge in [0.05, 0.1) is 31.2 Å². The maximum Gasteiger partial charge on any atom is 0.192 e. The van der Waals surface area contributed by atoms with Crippen LogP contribution in [-0.4, -0.2) is 24.1 Å². The van der Waals surface area contributed by atoms with E-state index in [1.54, 1.807) is 12.5 Å². The summed E-state index contributed by atoms with van der Waals surface area (Å²) in [6.45, 7) is 1.93. The molecule has 1 unspecified atom stereocenters. The van der Waals surface area contributed by atoms with E-state index in [1.165, 1.54) is 0 Å². The number of guanidine groups is 1. The molecular formula is C22H25IN4O2. The molecule has 1 aromatic carbocycles. The molecule has 2 aromatic heterocycles. The third-order valence-corrected chi connectivity index (χ3v) is 4.64. The minimum atomic E-state index is 0. The van der Waals surface area contributed by atoms with Crippen molar-refractivity contribution < 1.29 is 9.15 Å². The smallest absolute Gasteiger partial charge is 0.192 e. The third-order valence-electron chi connectivity index (χ3n) is 4.64. The maximum absolute atomic E-state index is 5.77. The van der Waals surface area contributed by atoms with Crippen LogP contribution in [0.2, 0.25) is 0 Å². The number of furan rings is 1. The number of ether oxygens (including phenoxy) is 1. The number of aromatic nitrogens is 1. The predicted molar refractivity (Wildman–Crippen MR) is 124 cm³/mol. The summed E-state index contributed by atoms with van der Waals surface area (Å²) in [5.74, 6) is 2.65. The van der Waals surface area contributed by atoms with Gasteiger partial charge in [-0.25, -0.2) is 4.99 Å². The topological polar surface area (TPSA) is 71.7 Å². The van der Waals surface area contributed by atoms with Crippen LogP contribution in [0, 0.1) is 0 Å². The van der Waals surface area contributed by atoms with Gasteiger partial charge in [0.15, 0.2) is 5.96 Å². The lowest BCUT2D eigenvalue weighted by Crippen LogP contribution is -2.41. The van der Waals surface area contributed by atoms with E-state index in [0.717, 1.165) is 48.1 Å². The fourth-order valence-corrected chi connectivity index (χ4v) is 3.22. The van der Waals surface area contributed by atoms with E-state index in [1.807, 2.05) is 48.5 Å². The van der Waals surface area contributed by atoms with Gasteiger partial charge >= 0.3 is 0 Å². The number of para-hydroxylation sites is 1. The van der Waals surface area contributed by atoms with Gasteiger partial charge in [-0.15, -0.1) is 24.0 Å². The Hall–Kier alpha value is -2.55. The van der Waals surface area contributed by atoms with E-state index in [9.17, 15) is 0 Å². The molecule has 1 aliphatic heterocycles. The van der Waals surface area contributed by atoms with Crippen molar-refractivity contribution in [3.63, 3.8) is 0 Å². The highest BCUT2D eigenvalue weighted by atomic mass is 127. The van der Waals surface area contributed by atoms with Crippen LogP contribution in [0.15, 0.2) is 76.5 Å². The zero-order chi connectivity index (χ0) is 19.0. The molecule has 0 amide bonds. The Morgan fingerprint density at radius 2 is 2.00 bits per heavy atom. The van der Waals surface area contributed by atoms with Crippen molar-refractivity contribution in [2.24, 2.45) is 4.99 Å². The number of pyridine rings is 1. The van der Waals surface area contributed by atoms with E-state index in [4.69, 9.17) is 14.1 Å². The lowest BCUT2D eigenvalue weighted by Gasteiger charge is -2.28. The monoisotopic (exact) mass is 504 g/mol. The van der Waals surface area contributed by atoms with Crippen LogP contribution in [-0.2, 0) is 13.0 Å². The Kier molecular flexibility index (Phi) is 7.92. The van der Waals surface area contributed by atoms with Gasteiger partial charge in [0.25, 0.3) is 0 Å². The number of halogens is 1. The van der Waals surface area contributed by atoms with Crippen LogP contribution in [0.1, 0.15) is 29.5 Å². The number of hydrogen-bond acceptors (Lipinski definition) is 4. The van der Waals surface area contributed by atoms with Gasteiger partial charge in [-0.2, -0.15) is 0 Å². The minimum Gasteiger partial charge on any atom is -0.493 e. The molecule has 0 aliphatic carbocycles. The molecule has 3 heterocycles. The van der Waals surface area contributed by atoms with Crippen molar-refractivity contribution in [3.8, 4) is 5.75 Å². The Labute approximate surface area is 187 Å². The van der Waals surface area contributed by atoms with Crippen molar-refractivity contribution in [1.29, 1.82) is 0 Å². The van der Waals surface area contributed by atoms with Crippen LogP contribution in [0.5, 0.6) is 5.75 Å². The molecule has 0 fully saturated rings. The zero-order valence-electron chi connectivity index (χ0n) is 16.1. The molecule has 0 radical (unpaired) electrons. The molecule has 1 atom stereocenters. The highest BCUT2D eigenvalue weighted by Gasteiger charge is 2.21. The summed E-state index contributed by atoms with van der Waals surface area (Å²) < 4.78 is 11.2. The SMILES string of the molecule is I.c1ccc(CN=C(NCCc2ccco2)NC2CCOc3ccccc32)nc1. The standard InChI is InChI=1S/C22H24N4O2.HI/c1-2-9-21-19(8-1)20(11-15-28-21)26-22(24-13-10-18-7-5-14-27-18)25-16-17-6-3-4-12-23-17;/h1-9,12,14,20H,10-11,13,15-16H2,(H2,24,25,26);1H. The molecule has 0 bridgehead atoms. The largest absolute Gasteiger partial charge is 0.493 e. The molecule has 0 saturated carbocycles. The van der Waals surface area contributed by atoms with Crippen molar-refractivity contribution in [1.82, 2.24) is 15.6 Å². The van der Waals surface area contributed by atoms with E-state index in [0.29, 0.717) is 13.2 Å². The molecular weight excluding hydrogens is 479 g/mol. The van der Waals surface area contributed by atoms with E-state index >= 15 is 0 Å². The first kappa shape index (κ1) is 21.2. The first-order valence-corrected chi connectivity index (χ1v) is 9.57. The second-order valence-corrected chi connectivity index (χ2v) is 6.61. The number of nitrogens with zero attached hydrogens (tertiary/aromatic N) is 2. The average Bonchev–Trinajstić information content (AvgIpc) is 3.26. The molecule has 7 heteroatoms. The Morgan fingerprint density at radius 3 is 2.83 bits per heavy atom. The van der Waals surface area contributed by atoms with Crippen LogP contribution in [0.3, 0.4) is 0 Å². The van der Waals surface area contributed by atoms with Crippen molar-refractivity contribution >= 4 is 29.9 Å². The molecule has 0 spiro atoms. The highest BCUT2D eigenvalue weighted by molar-refractivity contribution is 14.0. The Bertz CT molecular complexity index is 900. The summed E-state index contributed by atoms with van der Waals surface area (Å²) in [6, 6.07) is 18.1. The van der Waals surface area contributed by atoms with Gasteiger partial charge in [-0.05, 0) is 30.3 Å². The number of benzene rings is 1. The molecule has 152 valence electrons. The molecule has 0 saturated heterocycles. The highest BCUT2D eigenvalue weighted by Crippen LogP contribution is 2.31. The van der Waals surface area contributed by atoms with Crippen LogP contribution in [0.4, 0.5) is 0 Å². The fourth-order valence-electron chi connectivity index (χ4n) is 3.22. The summed E-state index contributed by atoms with van der Waals surface area (Å²) in [4.78, 5) is 9.10. The normalized spacial score (nSPS) is 15.6. The molecule has 3 aromatic rings. The van der Waals surface area contributed by atoms with Gasteiger partial charge in [0.1, 0.15) is 11.5 Å². The summed E-state index contributed by atoms with van der Waals surface area (Å²) >= 11 is 0. The van der Waals surface area contributed by atoms with E-state index < -0.39 is 0 Å². The molecule has 6 nitrogen and oxygen atoms in total. The predicted octanol–water partition coefficient (Wildman–Crippen LogP) is 4.09. The van der Waals surface area contributed by atoms with Gasteiger partial charge < -0.3 is 19.8 Å². The second kappa shape index (κ2) is 10.8. The van der Waals surface area contributed by atoms with E-state index in [-0.39, 0.29) is 30.0 Å². The molecule has 29 heavy (non-hydrogen) atoms. The Balaban J connectivity index is 0.00000240. The van der Waals surface area contributed by atoms with Crippen molar-refractivity contribution in [2.45, 2.75) is 25.4 Å². The number of aliphatic imine (C=N–C) groups is 1. The quantitative estimate of drug-likeness (QED) is 0.301. The first-order valence-electron chi connectivity index (χ1n) is 9.57. The van der Waals surface area contributed by atoms with Gasteiger partial charge in [-0.1, -0.05) is 24.3 Å². The second-order valence-electron chi connectivity index (χ2n) is 6.61. The lowest BCUT2D eigenvalue weighted by atomic mass is 10.0. The number of fused-ring (bicyclic) bond motifs is 1. The van der Waals surface area contributed by atoms with E-state index in [2.05, 4.69) is 21.7 Å². The fraction of sp³-hybridized carbons (Fsp3) is 0.273. The van der Waals surface area contributed by atoms with Crippen LogP contribution >= 0.6 is 24.0 Å². The lowest BCUT2D eigenvalue weighted by molar-refractivity contribution is 0.261. The molecule has 1 aliphatic rings. The summed E-state index contributed by atoms with van der Waals surface area (Å²) in [6.07, 6.45) is 5.17. The molecule has 2 N–H and O–H groups in total. The van der Waals surface area contributed by atoms with Crippen LogP contribution < -0.4 is 15.4 Å².